The molecule has 42 heavy (non-hydrogen) atoms. The van der Waals surface area contributed by atoms with Crippen LogP contribution >= 0.6 is 0 Å². The van der Waals surface area contributed by atoms with Gasteiger partial charge in [0.05, 0.1) is 16.8 Å². The SMILES string of the molecule is O=C1CCC(N2C(=O)c3cccc(NCc4ccc(CN5CCC(O)(c6ccccn6)CC5)cc4F)c3C2=O)C(=O)N1. The molecule has 3 aliphatic heterocycles. The number of hydrogen-bond donors (Lipinski definition) is 3. The average Bonchev–Trinajstić information content (AvgIpc) is 3.24. The molecule has 2 aromatic carbocycles. The van der Waals surface area contributed by atoms with Crippen molar-refractivity contribution in [1.82, 2.24) is 20.1 Å². The second-order valence-corrected chi connectivity index (χ2v) is 11.0. The highest BCUT2D eigenvalue weighted by atomic mass is 19.1. The fourth-order valence-corrected chi connectivity index (χ4v) is 5.92. The van der Waals surface area contributed by atoms with Crippen molar-refractivity contribution in [3.8, 4) is 0 Å². The molecule has 3 N–H and O–H groups in total. The summed E-state index contributed by atoms with van der Waals surface area (Å²) in [4.78, 5) is 57.6. The second kappa shape index (κ2) is 11.1. The Bertz CT molecular complexity index is 1570. The Morgan fingerprint density at radius 2 is 1.83 bits per heavy atom. The van der Waals surface area contributed by atoms with Gasteiger partial charge >= 0.3 is 0 Å². The van der Waals surface area contributed by atoms with E-state index in [4.69, 9.17) is 0 Å². The Morgan fingerprint density at radius 1 is 1.02 bits per heavy atom. The number of nitrogens with one attached hydrogen (secondary N) is 2. The van der Waals surface area contributed by atoms with Crippen LogP contribution in [0, 0.1) is 5.82 Å². The summed E-state index contributed by atoms with van der Waals surface area (Å²) in [5.74, 6) is -2.74. The van der Waals surface area contributed by atoms with Gasteiger partial charge in [-0.15, -0.1) is 0 Å². The number of likely N-dealkylation sites (tertiary alicyclic amines) is 1. The summed E-state index contributed by atoms with van der Waals surface area (Å²) in [6.07, 6.45) is 2.86. The molecular formula is C31H30FN5O5. The van der Waals surface area contributed by atoms with Crippen molar-refractivity contribution in [1.29, 1.82) is 0 Å². The summed E-state index contributed by atoms with van der Waals surface area (Å²) >= 11 is 0. The number of aliphatic hydroxyl groups is 1. The van der Waals surface area contributed by atoms with E-state index in [1.54, 1.807) is 24.4 Å². The van der Waals surface area contributed by atoms with Crippen LogP contribution in [0.5, 0.6) is 0 Å². The van der Waals surface area contributed by atoms with Gasteiger partial charge in [0.15, 0.2) is 0 Å². The van der Waals surface area contributed by atoms with E-state index >= 15 is 4.39 Å². The molecule has 2 saturated heterocycles. The molecule has 10 nitrogen and oxygen atoms in total. The lowest BCUT2D eigenvalue weighted by atomic mass is 9.87. The quantitative estimate of drug-likeness (QED) is 0.369. The Labute approximate surface area is 241 Å². The largest absolute Gasteiger partial charge is 0.383 e. The van der Waals surface area contributed by atoms with Crippen molar-refractivity contribution in [2.24, 2.45) is 0 Å². The first-order chi connectivity index (χ1) is 20.2. The van der Waals surface area contributed by atoms with E-state index in [9.17, 15) is 24.3 Å². The fraction of sp³-hybridized carbons (Fsp3) is 0.323. The molecule has 0 saturated carbocycles. The van der Waals surface area contributed by atoms with E-state index in [-0.39, 0.29) is 30.5 Å². The maximum absolute atomic E-state index is 15.1. The van der Waals surface area contributed by atoms with Gasteiger partial charge in [0.25, 0.3) is 11.8 Å². The van der Waals surface area contributed by atoms with Gasteiger partial charge in [-0.2, -0.15) is 0 Å². The number of halogens is 1. The van der Waals surface area contributed by atoms with Crippen molar-refractivity contribution in [3.63, 3.8) is 0 Å². The Morgan fingerprint density at radius 3 is 2.55 bits per heavy atom. The van der Waals surface area contributed by atoms with Crippen LogP contribution < -0.4 is 10.6 Å². The lowest BCUT2D eigenvalue weighted by molar-refractivity contribution is -0.136. The van der Waals surface area contributed by atoms with Gasteiger partial charge in [-0.25, -0.2) is 4.39 Å². The maximum atomic E-state index is 15.1. The minimum Gasteiger partial charge on any atom is -0.383 e. The van der Waals surface area contributed by atoms with E-state index in [2.05, 4.69) is 20.5 Å². The highest BCUT2D eigenvalue weighted by molar-refractivity contribution is 6.25. The fourth-order valence-electron chi connectivity index (χ4n) is 5.92. The zero-order valence-corrected chi connectivity index (χ0v) is 22.8. The molecule has 1 aromatic heterocycles. The number of amides is 4. The predicted molar refractivity (Wildman–Crippen MR) is 149 cm³/mol. The molecule has 3 aliphatic rings. The summed E-state index contributed by atoms with van der Waals surface area (Å²) in [5.41, 5.74) is 1.55. The highest BCUT2D eigenvalue weighted by Gasteiger charge is 2.45. The first kappa shape index (κ1) is 27.7. The average molecular weight is 572 g/mol. The Balaban J connectivity index is 1.09. The zero-order chi connectivity index (χ0) is 29.4. The summed E-state index contributed by atoms with van der Waals surface area (Å²) in [7, 11) is 0. The molecule has 11 heteroatoms. The molecule has 4 amide bonds. The van der Waals surface area contributed by atoms with Crippen molar-refractivity contribution in [3.05, 3.63) is 94.6 Å². The highest BCUT2D eigenvalue weighted by Crippen LogP contribution is 2.34. The van der Waals surface area contributed by atoms with Gasteiger partial charge in [0, 0.05) is 50.0 Å². The third kappa shape index (κ3) is 5.17. The van der Waals surface area contributed by atoms with Crippen LogP contribution in [0.4, 0.5) is 10.1 Å². The molecule has 216 valence electrons. The number of piperidine rings is 2. The molecule has 0 spiro atoms. The van der Waals surface area contributed by atoms with Crippen molar-refractivity contribution < 1.29 is 28.7 Å². The normalized spacial score (nSPS) is 20.4. The number of carbonyl (C=O) groups is 4. The van der Waals surface area contributed by atoms with Gasteiger partial charge in [-0.1, -0.05) is 24.3 Å². The maximum Gasteiger partial charge on any atom is 0.264 e. The van der Waals surface area contributed by atoms with Crippen LogP contribution in [0.3, 0.4) is 0 Å². The molecule has 6 rings (SSSR count). The topological polar surface area (TPSA) is 132 Å². The number of pyridine rings is 1. The predicted octanol–water partition coefficient (Wildman–Crippen LogP) is 2.72. The van der Waals surface area contributed by atoms with Crippen molar-refractivity contribution >= 4 is 29.3 Å². The lowest BCUT2D eigenvalue weighted by Gasteiger charge is -2.37. The Hall–Kier alpha value is -4.48. The van der Waals surface area contributed by atoms with Crippen LogP contribution in [0.15, 0.2) is 60.8 Å². The minimum atomic E-state index is -1.06. The molecule has 1 unspecified atom stereocenters. The van der Waals surface area contributed by atoms with Gasteiger partial charge in [0.1, 0.15) is 17.5 Å². The van der Waals surface area contributed by atoms with Crippen LogP contribution in [0.25, 0.3) is 0 Å². The molecule has 0 aliphatic carbocycles. The number of anilines is 1. The molecule has 4 heterocycles. The minimum absolute atomic E-state index is 0.0370. The van der Waals surface area contributed by atoms with E-state index in [1.807, 2.05) is 24.3 Å². The number of carbonyl (C=O) groups excluding carboxylic acids is 4. The second-order valence-electron chi connectivity index (χ2n) is 11.0. The molecule has 0 radical (unpaired) electrons. The third-order valence-electron chi connectivity index (χ3n) is 8.29. The van der Waals surface area contributed by atoms with Crippen LogP contribution in [0.1, 0.15) is 63.2 Å². The van der Waals surface area contributed by atoms with Gasteiger partial charge < -0.3 is 10.4 Å². The van der Waals surface area contributed by atoms with Gasteiger partial charge in [0.2, 0.25) is 11.8 Å². The number of benzene rings is 2. The molecule has 1 atom stereocenters. The number of nitrogens with zero attached hydrogens (tertiary/aromatic N) is 3. The molecule has 2 fully saturated rings. The van der Waals surface area contributed by atoms with E-state index < -0.39 is 41.1 Å². The molecule has 0 bridgehead atoms. The standard InChI is InChI=1S/C31H30FN5O5/c32-22-16-19(18-36-14-11-31(42,12-15-36)25-6-1-2-13-33-25)7-8-20(22)17-34-23-5-3-4-21-27(23)30(41)37(29(21)40)24-9-10-26(38)35-28(24)39/h1-8,13,16,24,34,42H,9-12,14-15,17-18H2,(H,35,38,39). The monoisotopic (exact) mass is 571 g/mol. The van der Waals surface area contributed by atoms with Crippen LogP contribution in [0.2, 0.25) is 0 Å². The first-order valence-electron chi connectivity index (χ1n) is 14.0. The smallest absolute Gasteiger partial charge is 0.264 e. The number of aromatic nitrogens is 1. The lowest BCUT2D eigenvalue weighted by Crippen LogP contribution is -2.54. The Kier molecular flexibility index (Phi) is 7.29. The van der Waals surface area contributed by atoms with E-state index in [0.29, 0.717) is 49.4 Å². The van der Waals surface area contributed by atoms with Crippen molar-refractivity contribution in [2.75, 3.05) is 18.4 Å². The first-order valence-corrected chi connectivity index (χ1v) is 14.0. The van der Waals surface area contributed by atoms with E-state index in [0.717, 1.165) is 10.5 Å². The molecular weight excluding hydrogens is 541 g/mol. The van der Waals surface area contributed by atoms with E-state index in [1.165, 1.54) is 12.1 Å². The van der Waals surface area contributed by atoms with Gasteiger partial charge in [-0.05, 0) is 55.2 Å². The number of imide groups is 2. The molecule has 3 aromatic rings. The summed E-state index contributed by atoms with van der Waals surface area (Å²) < 4.78 is 15.1. The number of rotatable bonds is 7. The zero-order valence-electron chi connectivity index (χ0n) is 22.8. The van der Waals surface area contributed by atoms with Crippen LogP contribution in [-0.4, -0.2) is 62.7 Å². The number of hydrogen-bond acceptors (Lipinski definition) is 8. The third-order valence-corrected chi connectivity index (χ3v) is 8.29. The summed E-state index contributed by atoms with van der Waals surface area (Å²) in [5, 5.41) is 16.3. The summed E-state index contributed by atoms with van der Waals surface area (Å²) in [6.45, 7) is 1.92. The van der Waals surface area contributed by atoms with Crippen molar-refractivity contribution in [2.45, 2.75) is 50.4 Å². The van der Waals surface area contributed by atoms with Gasteiger partial charge in [-0.3, -0.25) is 39.3 Å². The number of fused-ring (bicyclic) bond motifs is 1. The summed E-state index contributed by atoms with van der Waals surface area (Å²) in [6, 6.07) is 14.3. The van der Waals surface area contributed by atoms with Crippen LogP contribution in [-0.2, 0) is 28.3 Å².